The van der Waals surface area contributed by atoms with E-state index in [1.165, 1.54) is 13.2 Å². The molecule has 0 radical (unpaired) electrons. The minimum atomic E-state index is -0.262. The van der Waals surface area contributed by atoms with Crippen LogP contribution in [0.15, 0.2) is 30.6 Å². The summed E-state index contributed by atoms with van der Waals surface area (Å²) in [5, 5.41) is 9.84. The predicted molar refractivity (Wildman–Crippen MR) is 66.8 cm³/mol. The van der Waals surface area contributed by atoms with Gasteiger partial charge in [0.15, 0.2) is 0 Å². The minimum absolute atomic E-state index is 0.0780. The third-order valence-corrected chi connectivity index (χ3v) is 2.84. The monoisotopic (exact) mass is 249 g/mol. The van der Waals surface area contributed by atoms with Crippen molar-refractivity contribution in [2.75, 3.05) is 7.11 Å². The van der Waals surface area contributed by atoms with Crippen LogP contribution >= 0.6 is 0 Å². The van der Waals surface area contributed by atoms with Gasteiger partial charge in [-0.05, 0) is 13.0 Å². The van der Waals surface area contributed by atoms with Crippen LogP contribution in [0.3, 0.4) is 0 Å². The highest BCUT2D eigenvalue weighted by molar-refractivity contribution is 5.30. The van der Waals surface area contributed by atoms with Gasteiger partial charge in [-0.25, -0.2) is 4.39 Å². The molecule has 0 saturated heterocycles. The topological polar surface area (TPSA) is 49.9 Å². The van der Waals surface area contributed by atoms with Gasteiger partial charge in [0.2, 0.25) is 0 Å². The van der Waals surface area contributed by atoms with Gasteiger partial charge in [0.05, 0.1) is 13.3 Å². The molecule has 0 bridgehead atoms. The first-order chi connectivity index (χ1) is 8.70. The van der Waals surface area contributed by atoms with Crippen LogP contribution in [0.1, 0.15) is 24.1 Å². The van der Waals surface area contributed by atoms with Crippen molar-refractivity contribution in [2.45, 2.75) is 19.5 Å². The summed E-state index contributed by atoms with van der Waals surface area (Å²) in [6.45, 7) is 2.56. The lowest BCUT2D eigenvalue weighted by molar-refractivity contribution is 0.409. The van der Waals surface area contributed by atoms with E-state index in [4.69, 9.17) is 4.74 Å². The Labute approximate surface area is 105 Å². The maximum Gasteiger partial charge on any atom is 0.131 e. The molecule has 0 aliphatic carbocycles. The second-order valence-corrected chi connectivity index (χ2v) is 4.10. The van der Waals surface area contributed by atoms with Crippen molar-refractivity contribution in [1.29, 1.82) is 0 Å². The van der Waals surface area contributed by atoms with Crippen LogP contribution in [-0.4, -0.2) is 17.3 Å². The fraction of sp³-hybridized carbons (Fsp3) is 0.308. The normalized spacial score (nSPS) is 12.4. The van der Waals surface area contributed by atoms with Crippen LogP contribution in [0.4, 0.5) is 4.39 Å². The van der Waals surface area contributed by atoms with Crippen molar-refractivity contribution in [1.82, 2.24) is 15.5 Å². The van der Waals surface area contributed by atoms with Crippen molar-refractivity contribution >= 4 is 0 Å². The molecule has 2 rings (SSSR count). The van der Waals surface area contributed by atoms with Crippen LogP contribution in [0.25, 0.3) is 0 Å². The zero-order valence-corrected chi connectivity index (χ0v) is 10.4. The van der Waals surface area contributed by atoms with Gasteiger partial charge < -0.3 is 10.1 Å². The zero-order chi connectivity index (χ0) is 13.0. The molecule has 0 fully saturated rings. The number of benzene rings is 1. The number of H-pyrrole nitrogens is 1. The summed E-state index contributed by atoms with van der Waals surface area (Å²) >= 11 is 0. The molecule has 0 aliphatic rings. The first kappa shape index (κ1) is 12.6. The standard InChI is InChI=1S/C13H16FN3O/c1-9(15-6-10-7-16-17-8-10)12-4-3-11(18-2)5-13(12)14/h3-5,7-9,15H,6H2,1-2H3,(H,16,17). The van der Waals surface area contributed by atoms with E-state index in [1.807, 2.05) is 13.1 Å². The summed E-state index contributed by atoms with van der Waals surface area (Å²) in [6.07, 6.45) is 3.55. The Morgan fingerprint density at radius 2 is 2.33 bits per heavy atom. The second kappa shape index (κ2) is 5.64. The van der Waals surface area contributed by atoms with Crippen molar-refractivity contribution in [3.63, 3.8) is 0 Å². The lowest BCUT2D eigenvalue weighted by atomic mass is 10.1. The summed E-state index contributed by atoms with van der Waals surface area (Å²) in [5.74, 6) is 0.264. The maximum absolute atomic E-state index is 13.8. The van der Waals surface area contributed by atoms with Crippen LogP contribution < -0.4 is 10.1 Å². The molecule has 5 heteroatoms. The maximum atomic E-state index is 13.8. The number of nitrogens with zero attached hydrogens (tertiary/aromatic N) is 1. The van der Waals surface area contributed by atoms with Gasteiger partial charge in [-0.2, -0.15) is 5.10 Å². The molecule has 1 aromatic carbocycles. The number of ether oxygens (including phenoxy) is 1. The number of methoxy groups -OCH3 is 1. The summed E-state index contributed by atoms with van der Waals surface area (Å²) < 4.78 is 18.8. The highest BCUT2D eigenvalue weighted by atomic mass is 19.1. The molecule has 0 amide bonds. The average molecular weight is 249 g/mol. The number of hydrogen-bond acceptors (Lipinski definition) is 3. The average Bonchev–Trinajstić information content (AvgIpc) is 2.88. The Bertz CT molecular complexity index is 499. The van der Waals surface area contributed by atoms with Gasteiger partial charge in [0.25, 0.3) is 0 Å². The van der Waals surface area contributed by atoms with Gasteiger partial charge in [-0.1, -0.05) is 6.07 Å². The molecule has 1 unspecified atom stereocenters. The number of rotatable bonds is 5. The number of aromatic nitrogens is 2. The molecular weight excluding hydrogens is 233 g/mol. The van der Waals surface area contributed by atoms with E-state index in [2.05, 4.69) is 15.5 Å². The van der Waals surface area contributed by atoms with E-state index < -0.39 is 0 Å². The van der Waals surface area contributed by atoms with Crippen molar-refractivity contribution in [2.24, 2.45) is 0 Å². The van der Waals surface area contributed by atoms with Gasteiger partial charge in [0, 0.05) is 36.0 Å². The lowest BCUT2D eigenvalue weighted by Gasteiger charge is -2.15. The second-order valence-electron chi connectivity index (χ2n) is 4.10. The minimum Gasteiger partial charge on any atom is -0.497 e. The molecule has 1 heterocycles. The van der Waals surface area contributed by atoms with Gasteiger partial charge >= 0.3 is 0 Å². The Morgan fingerprint density at radius 3 is 2.94 bits per heavy atom. The van der Waals surface area contributed by atoms with E-state index in [0.29, 0.717) is 17.9 Å². The van der Waals surface area contributed by atoms with Crippen LogP contribution in [0.2, 0.25) is 0 Å². The Hall–Kier alpha value is -1.88. The summed E-state index contributed by atoms with van der Waals surface area (Å²) in [6, 6.07) is 4.81. The van der Waals surface area contributed by atoms with Crippen molar-refractivity contribution in [3.8, 4) is 5.75 Å². The largest absolute Gasteiger partial charge is 0.497 e. The zero-order valence-electron chi connectivity index (χ0n) is 10.4. The number of nitrogens with one attached hydrogen (secondary N) is 2. The SMILES string of the molecule is COc1ccc(C(C)NCc2cn[nH]c2)c(F)c1. The molecule has 96 valence electrons. The smallest absolute Gasteiger partial charge is 0.131 e. The molecule has 1 aromatic heterocycles. The molecular formula is C13H16FN3O. The molecule has 4 nitrogen and oxygen atoms in total. The quantitative estimate of drug-likeness (QED) is 0.855. The fourth-order valence-corrected chi connectivity index (χ4v) is 1.74. The number of hydrogen-bond donors (Lipinski definition) is 2. The van der Waals surface area contributed by atoms with Gasteiger partial charge in [0.1, 0.15) is 11.6 Å². The molecule has 2 N–H and O–H groups in total. The molecule has 0 saturated carbocycles. The van der Waals surface area contributed by atoms with E-state index >= 15 is 0 Å². The third-order valence-electron chi connectivity index (χ3n) is 2.84. The predicted octanol–water partition coefficient (Wildman–Crippen LogP) is 2.41. The summed E-state index contributed by atoms with van der Waals surface area (Å²) in [5.41, 5.74) is 1.66. The van der Waals surface area contributed by atoms with Crippen molar-refractivity contribution in [3.05, 3.63) is 47.5 Å². The van der Waals surface area contributed by atoms with E-state index in [9.17, 15) is 4.39 Å². The van der Waals surface area contributed by atoms with Crippen LogP contribution in [0.5, 0.6) is 5.75 Å². The number of halogens is 1. The molecule has 2 aromatic rings. The van der Waals surface area contributed by atoms with Crippen LogP contribution in [-0.2, 0) is 6.54 Å². The molecule has 0 aliphatic heterocycles. The Morgan fingerprint density at radius 1 is 1.50 bits per heavy atom. The van der Waals surface area contributed by atoms with Crippen molar-refractivity contribution < 1.29 is 9.13 Å². The first-order valence-electron chi connectivity index (χ1n) is 5.75. The van der Waals surface area contributed by atoms with Gasteiger partial charge in [-0.15, -0.1) is 0 Å². The van der Waals surface area contributed by atoms with Gasteiger partial charge in [-0.3, -0.25) is 5.10 Å². The van der Waals surface area contributed by atoms with E-state index in [1.54, 1.807) is 18.3 Å². The fourth-order valence-electron chi connectivity index (χ4n) is 1.74. The summed E-state index contributed by atoms with van der Waals surface area (Å²) in [4.78, 5) is 0. The molecule has 1 atom stereocenters. The highest BCUT2D eigenvalue weighted by Crippen LogP contribution is 2.21. The molecule has 18 heavy (non-hydrogen) atoms. The summed E-state index contributed by atoms with van der Waals surface area (Å²) in [7, 11) is 1.52. The Kier molecular flexibility index (Phi) is 3.94. The van der Waals surface area contributed by atoms with Crippen LogP contribution in [0, 0.1) is 5.82 Å². The highest BCUT2D eigenvalue weighted by Gasteiger charge is 2.11. The van der Waals surface area contributed by atoms with E-state index in [-0.39, 0.29) is 11.9 Å². The first-order valence-corrected chi connectivity index (χ1v) is 5.75. The number of aromatic amines is 1. The lowest BCUT2D eigenvalue weighted by Crippen LogP contribution is -2.18. The van der Waals surface area contributed by atoms with E-state index in [0.717, 1.165) is 5.56 Å². The third kappa shape index (κ3) is 2.87. The Balaban J connectivity index is 2.02. The molecule has 0 spiro atoms.